The number of hydrogen-bond acceptors (Lipinski definition) is 4. The second-order valence-corrected chi connectivity index (χ2v) is 8.64. The first-order chi connectivity index (χ1) is 12.2. The lowest BCUT2D eigenvalue weighted by molar-refractivity contribution is -0.0492. The van der Waals surface area contributed by atoms with Gasteiger partial charge in [0.1, 0.15) is 5.60 Å². The fourth-order valence-corrected chi connectivity index (χ4v) is 3.55. The van der Waals surface area contributed by atoms with Gasteiger partial charge in [-0.1, -0.05) is 13.8 Å². The number of rotatable bonds is 3. The van der Waals surface area contributed by atoms with E-state index in [1.165, 1.54) is 0 Å². The van der Waals surface area contributed by atoms with Gasteiger partial charge in [0.25, 0.3) is 0 Å². The normalized spacial score (nSPS) is 25.5. The molecule has 26 heavy (non-hydrogen) atoms. The van der Waals surface area contributed by atoms with Crippen molar-refractivity contribution in [2.45, 2.75) is 59.2 Å². The lowest BCUT2D eigenvalue weighted by Crippen LogP contribution is -2.53. The largest absolute Gasteiger partial charge is 0.444 e. The number of ether oxygens (including phenoxy) is 2. The maximum Gasteiger partial charge on any atom is 0.410 e. The summed E-state index contributed by atoms with van der Waals surface area (Å²) in [6, 6.07) is 0. The first-order valence-electron chi connectivity index (χ1n) is 9.82. The number of aliphatic imine (C=N–C) groups is 1. The van der Waals surface area contributed by atoms with Gasteiger partial charge in [0, 0.05) is 45.2 Å². The van der Waals surface area contributed by atoms with E-state index in [0.29, 0.717) is 50.5 Å². The van der Waals surface area contributed by atoms with Crippen LogP contribution in [-0.4, -0.2) is 72.9 Å². The summed E-state index contributed by atoms with van der Waals surface area (Å²) in [6.45, 7) is 14.2. The average Bonchev–Trinajstić information content (AvgIpc) is 2.58. The molecule has 0 aromatic carbocycles. The first-order valence-corrected chi connectivity index (χ1v) is 9.82. The monoisotopic (exact) mass is 368 g/mol. The molecule has 7 heteroatoms. The number of guanidine groups is 1. The zero-order valence-corrected chi connectivity index (χ0v) is 17.0. The molecular formula is C19H36N4O3. The highest BCUT2D eigenvalue weighted by molar-refractivity contribution is 5.78. The Morgan fingerprint density at radius 1 is 1.23 bits per heavy atom. The van der Waals surface area contributed by atoms with Crippen molar-refractivity contribution in [1.29, 1.82) is 0 Å². The summed E-state index contributed by atoms with van der Waals surface area (Å²) in [5.41, 5.74) is 5.74. The average molecular weight is 369 g/mol. The van der Waals surface area contributed by atoms with Crippen LogP contribution >= 0.6 is 0 Å². The van der Waals surface area contributed by atoms with Crippen LogP contribution in [0.25, 0.3) is 0 Å². The summed E-state index contributed by atoms with van der Waals surface area (Å²) in [6.07, 6.45) is 2.25. The van der Waals surface area contributed by atoms with Crippen molar-refractivity contribution in [2.75, 3.05) is 39.3 Å². The summed E-state index contributed by atoms with van der Waals surface area (Å²) >= 11 is 0. The van der Waals surface area contributed by atoms with Crippen LogP contribution in [0.1, 0.15) is 47.5 Å². The predicted octanol–water partition coefficient (Wildman–Crippen LogP) is 2.30. The molecule has 0 bridgehead atoms. The molecule has 0 saturated carbocycles. The van der Waals surface area contributed by atoms with Crippen LogP contribution in [0.2, 0.25) is 0 Å². The molecule has 1 amide bonds. The van der Waals surface area contributed by atoms with Crippen molar-refractivity contribution >= 4 is 12.1 Å². The predicted molar refractivity (Wildman–Crippen MR) is 103 cm³/mol. The van der Waals surface area contributed by atoms with Gasteiger partial charge in [0.05, 0.1) is 6.10 Å². The molecule has 150 valence electrons. The number of nitrogens with two attached hydrogens (primary N) is 1. The topological polar surface area (TPSA) is 80.4 Å². The maximum atomic E-state index is 12.1. The third-order valence-corrected chi connectivity index (χ3v) is 4.89. The zero-order chi connectivity index (χ0) is 19.3. The molecule has 7 nitrogen and oxygen atoms in total. The molecule has 2 N–H and O–H groups in total. The van der Waals surface area contributed by atoms with E-state index in [-0.39, 0.29) is 12.2 Å². The molecule has 2 atom stereocenters. The molecule has 2 rings (SSSR count). The van der Waals surface area contributed by atoms with Crippen LogP contribution in [0.3, 0.4) is 0 Å². The Hall–Kier alpha value is -1.50. The van der Waals surface area contributed by atoms with Crippen molar-refractivity contribution in [2.24, 2.45) is 22.6 Å². The Balaban J connectivity index is 1.82. The van der Waals surface area contributed by atoms with E-state index in [2.05, 4.69) is 23.7 Å². The molecule has 2 unspecified atom stereocenters. The van der Waals surface area contributed by atoms with E-state index >= 15 is 0 Å². The van der Waals surface area contributed by atoms with Gasteiger partial charge in [-0.25, -0.2) is 4.79 Å². The number of carbonyl (C=O) groups is 1. The number of nitrogens with zero attached hydrogens (tertiary/aromatic N) is 3. The second kappa shape index (κ2) is 8.93. The summed E-state index contributed by atoms with van der Waals surface area (Å²) in [4.78, 5) is 20.6. The fraction of sp³-hybridized carbons (Fsp3) is 0.895. The van der Waals surface area contributed by atoms with Crippen LogP contribution in [0.15, 0.2) is 4.99 Å². The maximum absolute atomic E-state index is 12.1. The number of piperazine rings is 1. The molecule has 0 aliphatic carbocycles. The van der Waals surface area contributed by atoms with Crippen molar-refractivity contribution in [3.05, 3.63) is 0 Å². The van der Waals surface area contributed by atoms with Crippen LogP contribution in [0, 0.1) is 11.8 Å². The summed E-state index contributed by atoms with van der Waals surface area (Å²) in [5.74, 6) is 1.50. The molecule has 2 heterocycles. The van der Waals surface area contributed by atoms with Gasteiger partial charge in [-0.15, -0.1) is 0 Å². The molecule has 0 spiro atoms. The number of carbonyl (C=O) groups excluding carboxylic acids is 1. The zero-order valence-electron chi connectivity index (χ0n) is 17.0. The SMILES string of the molecule is CC(C)C1OCCCC1CN=C(N)N1CCN(C(=O)OC(C)(C)C)CC1. The van der Waals surface area contributed by atoms with Gasteiger partial charge in [-0.2, -0.15) is 0 Å². The van der Waals surface area contributed by atoms with E-state index in [4.69, 9.17) is 15.2 Å². The first kappa shape index (κ1) is 20.8. The molecular weight excluding hydrogens is 332 g/mol. The van der Waals surface area contributed by atoms with Crippen molar-refractivity contribution in [3.63, 3.8) is 0 Å². The molecule has 0 aromatic heterocycles. The summed E-state index contributed by atoms with van der Waals surface area (Å²) < 4.78 is 11.4. The van der Waals surface area contributed by atoms with Crippen molar-refractivity contribution in [1.82, 2.24) is 9.80 Å². The van der Waals surface area contributed by atoms with Gasteiger partial charge < -0.3 is 25.0 Å². The highest BCUT2D eigenvalue weighted by atomic mass is 16.6. The molecule has 0 radical (unpaired) electrons. The van der Waals surface area contributed by atoms with E-state index in [1.807, 2.05) is 20.8 Å². The van der Waals surface area contributed by atoms with Gasteiger partial charge in [-0.3, -0.25) is 4.99 Å². The lowest BCUT2D eigenvalue weighted by atomic mass is 9.87. The van der Waals surface area contributed by atoms with Gasteiger partial charge in [0.2, 0.25) is 0 Å². The van der Waals surface area contributed by atoms with Gasteiger partial charge in [0.15, 0.2) is 5.96 Å². The van der Waals surface area contributed by atoms with Gasteiger partial charge in [-0.05, 0) is 39.5 Å². The minimum absolute atomic E-state index is 0.258. The minimum atomic E-state index is -0.469. The van der Waals surface area contributed by atoms with E-state index in [0.717, 1.165) is 19.4 Å². The number of hydrogen-bond donors (Lipinski definition) is 1. The third-order valence-electron chi connectivity index (χ3n) is 4.89. The van der Waals surface area contributed by atoms with Crippen LogP contribution in [-0.2, 0) is 9.47 Å². The molecule has 2 fully saturated rings. The minimum Gasteiger partial charge on any atom is -0.444 e. The summed E-state index contributed by atoms with van der Waals surface area (Å²) in [7, 11) is 0. The fourth-order valence-electron chi connectivity index (χ4n) is 3.55. The Morgan fingerprint density at radius 3 is 2.42 bits per heavy atom. The Kier molecular flexibility index (Phi) is 7.15. The van der Waals surface area contributed by atoms with Crippen molar-refractivity contribution < 1.29 is 14.3 Å². The van der Waals surface area contributed by atoms with Crippen molar-refractivity contribution in [3.8, 4) is 0 Å². The molecule has 2 aliphatic rings. The Labute approximate surface area is 157 Å². The smallest absolute Gasteiger partial charge is 0.410 e. The highest BCUT2D eigenvalue weighted by Crippen LogP contribution is 2.26. The van der Waals surface area contributed by atoms with Gasteiger partial charge >= 0.3 is 6.09 Å². The quantitative estimate of drug-likeness (QED) is 0.611. The molecule has 2 saturated heterocycles. The van der Waals surface area contributed by atoms with Crippen LogP contribution < -0.4 is 5.73 Å². The Morgan fingerprint density at radius 2 is 1.85 bits per heavy atom. The third kappa shape index (κ3) is 6.04. The Bertz CT molecular complexity index is 494. The van der Waals surface area contributed by atoms with Crippen LogP contribution in [0.5, 0.6) is 0 Å². The highest BCUT2D eigenvalue weighted by Gasteiger charge is 2.29. The second-order valence-electron chi connectivity index (χ2n) is 8.64. The van der Waals surface area contributed by atoms with E-state index < -0.39 is 5.60 Å². The molecule has 2 aliphatic heterocycles. The lowest BCUT2D eigenvalue weighted by Gasteiger charge is -2.36. The number of amides is 1. The molecule has 0 aromatic rings. The summed E-state index contributed by atoms with van der Waals surface area (Å²) in [5, 5.41) is 0. The van der Waals surface area contributed by atoms with E-state index in [1.54, 1.807) is 4.90 Å². The van der Waals surface area contributed by atoms with E-state index in [9.17, 15) is 4.79 Å². The van der Waals surface area contributed by atoms with Crippen LogP contribution in [0.4, 0.5) is 4.79 Å². The standard InChI is InChI=1S/C19H36N4O3/c1-14(2)16-15(7-6-12-25-16)13-21-17(20)22-8-10-23(11-9-22)18(24)26-19(3,4)5/h14-16H,6-13H2,1-5H3,(H2,20,21).